The van der Waals surface area contributed by atoms with Gasteiger partial charge in [0.1, 0.15) is 0 Å². The monoisotopic (exact) mass is 329 g/mol. The van der Waals surface area contributed by atoms with E-state index in [2.05, 4.69) is 29.3 Å². The number of hydrogen-bond acceptors (Lipinski definition) is 3. The summed E-state index contributed by atoms with van der Waals surface area (Å²) in [5.74, 6) is 0.396. The van der Waals surface area contributed by atoms with Crippen molar-refractivity contribution >= 4 is 11.8 Å². The molecule has 24 heavy (non-hydrogen) atoms. The lowest BCUT2D eigenvalue weighted by atomic mass is 10.1. The van der Waals surface area contributed by atoms with Crippen molar-refractivity contribution in [2.75, 3.05) is 32.7 Å². The molecule has 1 aromatic rings. The number of rotatable bonds is 5. The van der Waals surface area contributed by atoms with Crippen molar-refractivity contribution in [3.05, 3.63) is 35.4 Å². The number of nitrogens with zero attached hydrogens (tertiary/aromatic N) is 2. The summed E-state index contributed by atoms with van der Waals surface area (Å²) in [7, 11) is 0. The molecule has 0 aromatic heterocycles. The fraction of sp³-hybridized carbons (Fsp3) is 0.579. The molecule has 0 bridgehead atoms. The van der Waals surface area contributed by atoms with Crippen LogP contribution in [0.15, 0.2) is 24.3 Å². The predicted octanol–water partition coefficient (Wildman–Crippen LogP) is 1.56. The molecule has 1 atom stereocenters. The molecular formula is C19H27N3O2. The van der Waals surface area contributed by atoms with Crippen LogP contribution in [0, 0.1) is 12.8 Å². The van der Waals surface area contributed by atoms with Crippen molar-refractivity contribution in [2.45, 2.75) is 32.7 Å². The molecule has 2 fully saturated rings. The Bertz CT molecular complexity index is 579. The van der Waals surface area contributed by atoms with Gasteiger partial charge in [0.25, 0.3) is 0 Å². The highest BCUT2D eigenvalue weighted by Crippen LogP contribution is 2.21. The molecule has 130 valence electrons. The number of carbonyl (C=O) groups excluding carboxylic acids is 2. The highest BCUT2D eigenvalue weighted by molar-refractivity contribution is 5.80. The summed E-state index contributed by atoms with van der Waals surface area (Å²) in [6, 6.07) is 8.18. The maximum Gasteiger partial charge on any atom is 0.234 e. The van der Waals surface area contributed by atoms with E-state index < -0.39 is 0 Å². The van der Waals surface area contributed by atoms with Gasteiger partial charge in [-0.25, -0.2) is 0 Å². The van der Waals surface area contributed by atoms with Crippen LogP contribution in [0.3, 0.4) is 0 Å². The Kier molecular flexibility index (Phi) is 5.51. The van der Waals surface area contributed by atoms with Crippen LogP contribution in [0.4, 0.5) is 0 Å². The molecule has 1 aromatic carbocycles. The number of carbonyl (C=O) groups is 2. The van der Waals surface area contributed by atoms with Crippen LogP contribution >= 0.6 is 0 Å². The first-order valence-electron chi connectivity index (χ1n) is 8.95. The molecule has 1 N–H and O–H groups in total. The van der Waals surface area contributed by atoms with E-state index in [9.17, 15) is 9.59 Å². The quantitative estimate of drug-likeness (QED) is 0.892. The predicted molar refractivity (Wildman–Crippen MR) is 93.4 cm³/mol. The summed E-state index contributed by atoms with van der Waals surface area (Å²) in [4.78, 5) is 28.6. The van der Waals surface area contributed by atoms with E-state index in [-0.39, 0.29) is 17.7 Å². The third-order valence-electron chi connectivity index (χ3n) is 5.02. The van der Waals surface area contributed by atoms with E-state index in [1.807, 2.05) is 17.0 Å². The molecule has 0 aliphatic carbocycles. The lowest BCUT2D eigenvalue weighted by Crippen LogP contribution is -2.38. The molecule has 1 unspecified atom stereocenters. The molecule has 0 spiro atoms. The lowest BCUT2D eigenvalue weighted by Gasteiger charge is -2.20. The van der Waals surface area contributed by atoms with Crippen molar-refractivity contribution in [3.8, 4) is 0 Å². The van der Waals surface area contributed by atoms with Gasteiger partial charge < -0.3 is 10.2 Å². The Balaban J connectivity index is 1.40. The van der Waals surface area contributed by atoms with Crippen LogP contribution in [0.1, 0.15) is 30.4 Å². The molecule has 2 amide bonds. The molecule has 2 aliphatic rings. The number of amides is 2. The number of benzene rings is 1. The third kappa shape index (κ3) is 4.35. The molecular weight excluding hydrogens is 302 g/mol. The number of likely N-dealkylation sites (tertiary alicyclic amines) is 2. The van der Waals surface area contributed by atoms with Crippen LogP contribution in [0.2, 0.25) is 0 Å². The minimum Gasteiger partial charge on any atom is -0.351 e. The van der Waals surface area contributed by atoms with Crippen molar-refractivity contribution in [1.29, 1.82) is 0 Å². The molecule has 2 heterocycles. The smallest absolute Gasteiger partial charge is 0.234 e. The normalized spacial score (nSPS) is 21.2. The first-order valence-corrected chi connectivity index (χ1v) is 8.95. The molecule has 0 saturated carbocycles. The van der Waals surface area contributed by atoms with E-state index in [0.29, 0.717) is 19.6 Å². The van der Waals surface area contributed by atoms with Gasteiger partial charge in [0.15, 0.2) is 0 Å². The van der Waals surface area contributed by atoms with Gasteiger partial charge in [-0.2, -0.15) is 0 Å². The van der Waals surface area contributed by atoms with Gasteiger partial charge in [0.05, 0.1) is 12.5 Å². The Morgan fingerprint density at radius 2 is 1.83 bits per heavy atom. The SMILES string of the molecule is Cc1ccc(CNC(=O)CN2CCC(C(=O)N3CCCC3)C2)cc1. The zero-order valence-electron chi connectivity index (χ0n) is 14.5. The minimum atomic E-state index is 0.0323. The van der Waals surface area contributed by atoms with Gasteiger partial charge in [0.2, 0.25) is 11.8 Å². The average Bonchev–Trinajstić information content (AvgIpc) is 3.25. The fourth-order valence-corrected chi connectivity index (χ4v) is 3.54. The Labute approximate surface area is 144 Å². The fourth-order valence-electron chi connectivity index (χ4n) is 3.54. The van der Waals surface area contributed by atoms with Crippen LogP contribution in [0.5, 0.6) is 0 Å². The summed E-state index contributed by atoms with van der Waals surface area (Å²) < 4.78 is 0. The third-order valence-corrected chi connectivity index (χ3v) is 5.02. The molecule has 3 rings (SSSR count). The second-order valence-electron chi connectivity index (χ2n) is 7.02. The zero-order valence-corrected chi connectivity index (χ0v) is 14.5. The van der Waals surface area contributed by atoms with Crippen molar-refractivity contribution < 1.29 is 9.59 Å². The molecule has 0 radical (unpaired) electrons. The maximum atomic E-state index is 12.4. The van der Waals surface area contributed by atoms with E-state index in [1.54, 1.807) is 0 Å². The van der Waals surface area contributed by atoms with Crippen molar-refractivity contribution in [2.24, 2.45) is 5.92 Å². The Morgan fingerprint density at radius 3 is 2.54 bits per heavy atom. The number of aryl methyl sites for hydroxylation is 1. The zero-order chi connectivity index (χ0) is 16.9. The van der Waals surface area contributed by atoms with Crippen LogP contribution in [0.25, 0.3) is 0 Å². The van der Waals surface area contributed by atoms with Crippen LogP contribution < -0.4 is 5.32 Å². The highest BCUT2D eigenvalue weighted by atomic mass is 16.2. The molecule has 5 nitrogen and oxygen atoms in total. The lowest BCUT2D eigenvalue weighted by molar-refractivity contribution is -0.134. The largest absolute Gasteiger partial charge is 0.351 e. The van der Waals surface area contributed by atoms with Gasteiger partial charge in [0, 0.05) is 26.2 Å². The summed E-state index contributed by atoms with van der Waals surface area (Å²) in [5.41, 5.74) is 2.33. The second kappa shape index (κ2) is 7.79. The highest BCUT2D eigenvalue weighted by Gasteiger charge is 2.32. The number of hydrogen-bond donors (Lipinski definition) is 1. The van der Waals surface area contributed by atoms with E-state index in [1.165, 1.54) is 5.56 Å². The Hall–Kier alpha value is -1.88. The summed E-state index contributed by atoms with van der Waals surface area (Å²) in [6.45, 7) is 6.36. The summed E-state index contributed by atoms with van der Waals surface area (Å²) in [5, 5.41) is 2.97. The van der Waals surface area contributed by atoms with Crippen LogP contribution in [-0.4, -0.2) is 54.3 Å². The van der Waals surface area contributed by atoms with Crippen molar-refractivity contribution in [1.82, 2.24) is 15.1 Å². The molecule has 2 aliphatic heterocycles. The van der Waals surface area contributed by atoms with Gasteiger partial charge in [-0.3, -0.25) is 14.5 Å². The van der Waals surface area contributed by atoms with Gasteiger partial charge in [-0.15, -0.1) is 0 Å². The van der Waals surface area contributed by atoms with Gasteiger partial charge in [-0.05, 0) is 38.3 Å². The Morgan fingerprint density at radius 1 is 1.12 bits per heavy atom. The standard InChI is InChI=1S/C19H27N3O2/c1-15-4-6-16(7-5-15)12-20-18(23)14-21-11-8-17(13-21)19(24)22-9-2-3-10-22/h4-7,17H,2-3,8-14H2,1H3,(H,20,23). The maximum absolute atomic E-state index is 12.4. The minimum absolute atomic E-state index is 0.0323. The van der Waals surface area contributed by atoms with Gasteiger partial charge in [-0.1, -0.05) is 29.8 Å². The van der Waals surface area contributed by atoms with Crippen molar-refractivity contribution in [3.63, 3.8) is 0 Å². The van der Waals surface area contributed by atoms with Gasteiger partial charge >= 0.3 is 0 Å². The summed E-state index contributed by atoms with van der Waals surface area (Å²) in [6.07, 6.45) is 3.13. The van der Waals surface area contributed by atoms with E-state index in [0.717, 1.165) is 44.5 Å². The van der Waals surface area contributed by atoms with E-state index >= 15 is 0 Å². The average molecular weight is 329 g/mol. The summed E-state index contributed by atoms with van der Waals surface area (Å²) >= 11 is 0. The van der Waals surface area contributed by atoms with Crippen LogP contribution in [-0.2, 0) is 16.1 Å². The first kappa shape index (κ1) is 17.0. The first-order chi connectivity index (χ1) is 11.6. The van der Waals surface area contributed by atoms with E-state index in [4.69, 9.17) is 0 Å². The molecule has 2 saturated heterocycles. The molecule has 5 heteroatoms. The topological polar surface area (TPSA) is 52.7 Å². The number of nitrogens with one attached hydrogen (secondary N) is 1. The second-order valence-corrected chi connectivity index (χ2v) is 7.02.